The summed E-state index contributed by atoms with van der Waals surface area (Å²) in [4.78, 5) is 0. The van der Waals surface area contributed by atoms with Crippen LogP contribution in [0.5, 0.6) is 0 Å². The van der Waals surface area contributed by atoms with Gasteiger partial charge in [0.1, 0.15) is 0 Å². The molecule has 0 radical (unpaired) electrons. The second-order valence-electron chi connectivity index (χ2n) is 3.61. The van der Waals surface area contributed by atoms with Crippen molar-refractivity contribution in [2.45, 2.75) is 0 Å². The molecule has 3 heteroatoms. The molecule has 0 aliphatic rings. The van der Waals surface area contributed by atoms with Gasteiger partial charge in [-0.3, -0.25) is 0 Å². The molecule has 0 unspecified atom stereocenters. The van der Waals surface area contributed by atoms with Gasteiger partial charge in [-0.25, -0.2) is 0 Å². The zero-order valence-electron chi connectivity index (χ0n) is 9.03. The zero-order chi connectivity index (χ0) is 12.3. The standard InChI is InChI=1S/C14H11Br2N/c15-14(16)9-10-5-1-2-6-11(10)12-7-3-4-8-13(12)17/h1-9H,17H2. The second kappa shape index (κ2) is 5.52. The number of rotatable bonds is 2. The molecule has 0 amide bonds. The lowest BCUT2D eigenvalue weighted by Crippen LogP contribution is -1.90. The maximum Gasteiger partial charge on any atom is 0.0610 e. The van der Waals surface area contributed by atoms with E-state index < -0.39 is 0 Å². The Morgan fingerprint density at radius 1 is 0.882 bits per heavy atom. The minimum Gasteiger partial charge on any atom is -0.398 e. The van der Waals surface area contributed by atoms with E-state index in [0.717, 1.165) is 25.8 Å². The van der Waals surface area contributed by atoms with Crippen LogP contribution in [0, 0.1) is 0 Å². The fraction of sp³-hybridized carbons (Fsp3) is 0. The van der Waals surface area contributed by atoms with Gasteiger partial charge in [0.05, 0.1) is 3.39 Å². The average molecular weight is 353 g/mol. The first kappa shape index (κ1) is 12.4. The highest BCUT2D eigenvalue weighted by Gasteiger charge is 2.05. The van der Waals surface area contributed by atoms with Crippen molar-refractivity contribution < 1.29 is 0 Å². The van der Waals surface area contributed by atoms with Gasteiger partial charge in [-0.15, -0.1) is 0 Å². The van der Waals surface area contributed by atoms with Gasteiger partial charge in [-0.05, 0) is 55.1 Å². The van der Waals surface area contributed by atoms with E-state index >= 15 is 0 Å². The van der Waals surface area contributed by atoms with Crippen molar-refractivity contribution in [1.82, 2.24) is 0 Å². The van der Waals surface area contributed by atoms with E-state index in [4.69, 9.17) is 5.73 Å². The maximum absolute atomic E-state index is 6.01. The largest absolute Gasteiger partial charge is 0.398 e. The van der Waals surface area contributed by atoms with Crippen LogP contribution < -0.4 is 5.73 Å². The van der Waals surface area contributed by atoms with Gasteiger partial charge < -0.3 is 5.73 Å². The van der Waals surface area contributed by atoms with E-state index in [1.807, 2.05) is 42.5 Å². The number of anilines is 1. The highest BCUT2D eigenvalue weighted by atomic mass is 79.9. The van der Waals surface area contributed by atoms with E-state index in [2.05, 4.69) is 44.0 Å². The molecule has 86 valence electrons. The summed E-state index contributed by atoms with van der Waals surface area (Å²) in [7, 11) is 0. The highest BCUT2D eigenvalue weighted by molar-refractivity contribution is 9.28. The molecule has 2 aromatic carbocycles. The van der Waals surface area contributed by atoms with Crippen molar-refractivity contribution in [2.24, 2.45) is 0 Å². The molecule has 0 heterocycles. The van der Waals surface area contributed by atoms with Crippen molar-refractivity contribution in [3.8, 4) is 11.1 Å². The van der Waals surface area contributed by atoms with Gasteiger partial charge in [0.15, 0.2) is 0 Å². The SMILES string of the molecule is Nc1ccccc1-c1ccccc1C=C(Br)Br. The minimum atomic E-state index is 0.791. The number of benzene rings is 2. The monoisotopic (exact) mass is 351 g/mol. The van der Waals surface area contributed by atoms with Crippen molar-refractivity contribution >= 4 is 43.6 Å². The molecule has 0 atom stereocenters. The molecule has 0 aliphatic heterocycles. The Kier molecular flexibility index (Phi) is 4.02. The molecule has 2 aromatic rings. The number of hydrogen-bond acceptors (Lipinski definition) is 1. The molecule has 1 nitrogen and oxygen atoms in total. The molecule has 2 N–H and O–H groups in total. The first-order chi connectivity index (χ1) is 8.18. The number of para-hydroxylation sites is 1. The summed E-state index contributed by atoms with van der Waals surface area (Å²) in [5.41, 5.74) is 10.1. The summed E-state index contributed by atoms with van der Waals surface area (Å²) in [6, 6.07) is 16.0. The minimum absolute atomic E-state index is 0.791. The van der Waals surface area contributed by atoms with E-state index in [0.29, 0.717) is 0 Å². The molecule has 0 saturated heterocycles. The van der Waals surface area contributed by atoms with Crippen LogP contribution in [-0.4, -0.2) is 0 Å². The molecule has 0 bridgehead atoms. The predicted octanol–water partition coefficient (Wildman–Crippen LogP) is 5.02. The summed E-state index contributed by atoms with van der Waals surface area (Å²) >= 11 is 6.77. The van der Waals surface area contributed by atoms with Crippen LogP contribution in [0.3, 0.4) is 0 Å². The number of nitrogen functional groups attached to an aromatic ring is 1. The zero-order valence-corrected chi connectivity index (χ0v) is 12.2. The average Bonchev–Trinajstić information content (AvgIpc) is 2.30. The van der Waals surface area contributed by atoms with Crippen LogP contribution in [0.15, 0.2) is 51.9 Å². The molecule has 0 aliphatic carbocycles. The normalized spacial score (nSPS) is 10.0. The molecule has 0 fully saturated rings. The summed E-state index contributed by atoms with van der Waals surface area (Å²) in [5, 5.41) is 0. The number of halogens is 2. The lowest BCUT2D eigenvalue weighted by molar-refractivity contribution is 1.59. The summed E-state index contributed by atoms with van der Waals surface area (Å²) < 4.78 is 0.909. The number of hydrogen-bond donors (Lipinski definition) is 1. The lowest BCUT2D eigenvalue weighted by atomic mass is 9.98. The second-order valence-corrected chi connectivity index (χ2v) is 6.38. The first-order valence-electron chi connectivity index (χ1n) is 5.15. The van der Waals surface area contributed by atoms with E-state index in [1.54, 1.807) is 0 Å². The van der Waals surface area contributed by atoms with E-state index in [9.17, 15) is 0 Å². The maximum atomic E-state index is 6.01. The highest BCUT2D eigenvalue weighted by Crippen LogP contribution is 2.31. The van der Waals surface area contributed by atoms with Crippen LogP contribution in [-0.2, 0) is 0 Å². The van der Waals surface area contributed by atoms with Crippen LogP contribution in [0.2, 0.25) is 0 Å². The fourth-order valence-electron chi connectivity index (χ4n) is 1.73. The van der Waals surface area contributed by atoms with Gasteiger partial charge in [0.25, 0.3) is 0 Å². The molecule has 17 heavy (non-hydrogen) atoms. The summed E-state index contributed by atoms with van der Waals surface area (Å²) in [6.07, 6.45) is 2.02. The Balaban J connectivity index is 2.60. The Bertz CT molecular complexity index is 558. The Morgan fingerprint density at radius 3 is 2.12 bits per heavy atom. The van der Waals surface area contributed by atoms with E-state index in [-0.39, 0.29) is 0 Å². The molecule has 0 spiro atoms. The Morgan fingerprint density at radius 2 is 1.47 bits per heavy atom. The van der Waals surface area contributed by atoms with Gasteiger partial charge in [-0.2, -0.15) is 0 Å². The summed E-state index contributed by atoms with van der Waals surface area (Å²) in [5.74, 6) is 0. The lowest BCUT2D eigenvalue weighted by Gasteiger charge is -2.09. The molecular formula is C14H11Br2N. The first-order valence-corrected chi connectivity index (χ1v) is 6.73. The van der Waals surface area contributed by atoms with Gasteiger partial charge in [0, 0.05) is 11.3 Å². The van der Waals surface area contributed by atoms with Crippen molar-refractivity contribution in [1.29, 1.82) is 0 Å². The Labute approximate surface area is 118 Å². The topological polar surface area (TPSA) is 26.0 Å². The van der Waals surface area contributed by atoms with Crippen molar-refractivity contribution in [3.05, 3.63) is 57.5 Å². The number of nitrogens with two attached hydrogens (primary N) is 1. The van der Waals surface area contributed by atoms with Crippen LogP contribution in [0.1, 0.15) is 5.56 Å². The Hall–Kier alpha value is -1.06. The third-order valence-corrected chi connectivity index (χ3v) is 2.93. The third-order valence-electron chi connectivity index (χ3n) is 2.48. The smallest absolute Gasteiger partial charge is 0.0610 e. The third kappa shape index (κ3) is 2.99. The van der Waals surface area contributed by atoms with Gasteiger partial charge in [-0.1, -0.05) is 42.5 Å². The fourth-order valence-corrected chi connectivity index (χ4v) is 2.22. The van der Waals surface area contributed by atoms with Crippen molar-refractivity contribution in [2.75, 3.05) is 5.73 Å². The molecule has 0 saturated carbocycles. The quantitative estimate of drug-likeness (QED) is 0.754. The van der Waals surface area contributed by atoms with Crippen LogP contribution >= 0.6 is 31.9 Å². The molecule has 2 rings (SSSR count). The van der Waals surface area contributed by atoms with E-state index in [1.165, 1.54) is 0 Å². The van der Waals surface area contributed by atoms with Crippen LogP contribution in [0.4, 0.5) is 5.69 Å². The molecular weight excluding hydrogens is 342 g/mol. The predicted molar refractivity (Wildman–Crippen MR) is 82.1 cm³/mol. The molecule has 0 aromatic heterocycles. The van der Waals surface area contributed by atoms with Gasteiger partial charge in [0.2, 0.25) is 0 Å². The van der Waals surface area contributed by atoms with Crippen molar-refractivity contribution in [3.63, 3.8) is 0 Å². The van der Waals surface area contributed by atoms with Gasteiger partial charge >= 0.3 is 0 Å². The van der Waals surface area contributed by atoms with Crippen LogP contribution in [0.25, 0.3) is 17.2 Å². The summed E-state index contributed by atoms with van der Waals surface area (Å²) in [6.45, 7) is 0.